The predicted octanol–water partition coefficient (Wildman–Crippen LogP) is 3.05. The largest absolute Gasteiger partial charge is 0.336 e. The molecule has 98 valence electrons. The number of thiophene rings is 1. The third-order valence-electron chi connectivity index (χ3n) is 3.09. The molecule has 1 atom stereocenters. The molecule has 2 heterocycles. The maximum atomic E-state index is 14.1. The van der Waals surface area contributed by atoms with Gasteiger partial charge in [0.1, 0.15) is 0 Å². The molecule has 0 spiro atoms. The average molecular weight is 280 g/mol. The van der Waals surface area contributed by atoms with Gasteiger partial charge in [-0.3, -0.25) is 0 Å². The highest BCUT2D eigenvalue weighted by Crippen LogP contribution is 2.30. The van der Waals surface area contributed by atoms with E-state index in [0.29, 0.717) is 5.56 Å². The second-order valence-electron chi connectivity index (χ2n) is 4.25. The molecule has 1 aliphatic heterocycles. The molecule has 0 saturated carbocycles. The molecule has 0 radical (unpaired) electrons. The monoisotopic (exact) mass is 280 g/mol. The van der Waals surface area contributed by atoms with Crippen molar-refractivity contribution in [3.8, 4) is 11.1 Å². The number of carbonyl (C=O) groups excluding carboxylic acids is 1. The van der Waals surface area contributed by atoms with Gasteiger partial charge in [0.25, 0.3) is 0 Å². The maximum absolute atomic E-state index is 14.1. The number of rotatable bonds is 2. The minimum Gasteiger partial charge on any atom is -0.336 e. The molecular formula is C13H10F2N2OS. The third-order valence-corrected chi connectivity index (χ3v) is 3.78. The Balaban J connectivity index is 2.01. The lowest BCUT2D eigenvalue weighted by Crippen LogP contribution is -2.22. The van der Waals surface area contributed by atoms with E-state index < -0.39 is 17.7 Å². The van der Waals surface area contributed by atoms with E-state index in [9.17, 15) is 13.6 Å². The Morgan fingerprint density at radius 1 is 1.21 bits per heavy atom. The molecule has 0 aliphatic carbocycles. The smallest absolute Gasteiger partial charge is 0.315 e. The number of urea groups is 1. The van der Waals surface area contributed by atoms with Crippen LogP contribution in [0.1, 0.15) is 11.6 Å². The number of amides is 2. The summed E-state index contributed by atoms with van der Waals surface area (Å²) in [7, 11) is 0. The molecule has 1 aromatic carbocycles. The molecule has 3 rings (SSSR count). The summed E-state index contributed by atoms with van der Waals surface area (Å²) in [5.74, 6) is -1.78. The summed E-state index contributed by atoms with van der Waals surface area (Å²) >= 11 is 1.42. The molecule has 3 nitrogen and oxygen atoms in total. The maximum Gasteiger partial charge on any atom is 0.315 e. The second-order valence-corrected chi connectivity index (χ2v) is 5.03. The summed E-state index contributed by atoms with van der Waals surface area (Å²) in [6, 6.07) is 3.90. The van der Waals surface area contributed by atoms with Gasteiger partial charge >= 0.3 is 6.03 Å². The first-order valence-corrected chi connectivity index (χ1v) is 6.66. The predicted molar refractivity (Wildman–Crippen MR) is 68.9 cm³/mol. The van der Waals surface area contributed by atoms with Crippen LogP contribution in [-0.2, 0) is 0 Å². The lowest BCUT2D eigenvalue weighted by molar-refractivity contribution is 0.247. The normalized spacial score (nSPS) is 18.2. The van der Waals surface area contributed by atoms with Crippen LogP contribution in [0.4, 0.5) is 13.6 Å². The Morgan fingerprint density at radius 2 is 2.05 bits per heavy atom. The van der Waals surface area contributed by atoms with Crippen molar-refractivity contribution in [2.24, 2.45) is 0 Å². The first-order valence-electron chi connectivity index (χ1n) is 5.71. The van der Waals surface area contributed by atoms with E-state index in [1.54, 1.807) is 17.5 Å². The van der Waals surface area contributed by atoms with Gasteiger partial charge in [-0.1, -0.05) is 12.1 Å². The van der Waals surface area contributed by atoms with E-state index in [1.807, 2.05) is 5.38 Å². The number of nitrogens with one attached hydrogen (secondary N) is 2. The lowest BCUT2D eigenvalue weighted by Gasteiger charge is -2.12. The van der Waals surface area contributed by atoms with Crippen molar-refractivity contribution in [3.05, 3.63) is 46.2 Å². The van der Waals surface area contributed by atoms with E-state index in [0.717, 1.165) is 0 Å². The highest BCUT2D eigenvalue weighted by Gasteiger charge is 2.26. The van der Waals surface area contributed by atoms with Crippen molar-refractivity contribution >= 4 is 17.4 Å². The van der Waals surface area contributed by atoms with Gasteiger partial charge in [-0.2, -0.15) is 11.3 Å². The Morgan fingerprint density at radius 3 is 2.68 bits per heavy atom. The fourth-order valence-electron chi connectivity index (χ4n) is 2.12. The Labute approximate surface area is 112 Å². The molecule has 1 saturated heterocycles. The summed E-state index contributed by atoms with van der Waals surface area (Å²) < 4.78 is 28.2. The highest BCUT2D eigenvalue weighted by molar-refractivity contribution is 7.08. The van der Waals surface area contributed by atoms with Gasteiger partial charge in [0, 0.05) is 17.7 Å². The molecular weight excluding hydrogens is 270 g/mol. The van der Waals surface area contributed by atoms with Crippen molar-refractivity contribution in [3.63, 3.8) is 0 Å². The quantitative estimate of drug-likeness (QED) is 0.872. The highest BCUT2D eigenvalue weighted by atomic mass is 32.1. The van der Waals surface area contributed by atoms with Crippen LogP contribution in [0, 0.1) is 11.6 Å². The average Bonchev–Trinajstić information content (AvgIpc) is 3.04. The molecule has 1 fully saturated rings. The van der Waals surface area contributed by atoms with Crippen LogP contribution < -0.4 is 10.6 Å². The Hall–Kier alpha value is -1.95. The van der Waals surface area contributed by atoms with Crippen LogP contribution in [0.3, 0.4) is 0 Å². The number of halogens is 2. The van der Waals surface area contributed by atoms with Crippen LogP contribution in [0.15, 0.2) is 29.0 Å². The zero-order chi connectivity index (χ0) is 13.4. The van der Waals surface area contributed by atoms with E-state index in [-0.39, 0.29) is 23.7 Å². The van der Waals surface area contributed by atoms with Gasteiger partial charge in [0.2, 0.25) is 0 Å². The van der Waals surface area contributed by atoms with Crippen molar-refractivity contribution < 1.29 is 13.6 Å². The summed E-state index contributed by atoms with van der Waals surface area (Å²) in [4.78, 5) is 11.0. The van der Waals surface area contributed by atoms with Crippen molar-refractivity contribution in [2.45, 2.75) is 6.04 Å². The molecule has 1 unspecified atom stereocenters. The topological polar surface area (TPSA) is 41.1 Å². The molecule has 1 aromatic heterocycles. The van der Waals surface area contributed by atoms with Gasteiger partial charge in [0.15, 0.2) is 11.6 Å². The van der Waals surface area contributed by atoms with Crippen LogP contribution in [0.5, 0.6) is 0 Å². The number of hydrogen-bond acceptors (Lipinski definition) is 2. The van der Waals surface area contributed by atoms with Crippen molar-refractivity contribution in [2.75, 3.05) is 6.54 Å². The fourth-order valence-corrected chi connectivity index (χ4v) is 2.77. The summed E-state index contributed by atoms with van der Waals surface area (Å²) in [6.07, 6.45) is 0. The SMILES string of the molecule is O=C1NCC(c2ccc(-c3ccsc3)c(F)c2F)N1. The number of carbonyl (C=O) groups is 1. The van der Waals surface area contributed by atoms with E-state index in [1.165, 1.54) is 17.4 Å². The minimum atomic E-state index is -0.905. The van der Waals surface area contributed by atoms with Gasteiger partial charge in [-0.05, 0) is 22.4 Å². The van der Waals surface area contributed by atoms with Gasteiger partial charge in [0.05, 0.1) is 6.04 Å². The molecule has 6 heteroatoms. The summed E-state index contributed by atoms with van der Waals surface area (Å²) in [6.45, 7) is 0.257. The first kappa shape index (κ1) is 12.1. The minimum absolute atomic E-state index is 0.162. The molecule has 2 amide bonds. The molecule has 2 N–H and O–H groups in total. The van der Waals surface area contributed by atoms with E-state index in [4.69, 9.17) is 0 Å². The van der Waals surface area contributed by atoms with Crippen LogP contribution >= 0.6 is 11.3 Å². The van der Waals surface area contributed by atoms with Crippen LogP contribution in [0.2, 0.25) is 0 Å². The third kappa shape index (κ3) is 2.08. The van der Waals surface area contributed by atoms with Crippen molar-refractivity contribution in [1.29, 1.82) is 0 Å². The zero-order valence-corrected chi connectivity index (χ0v) is 10.6. The summed E-state index contributed by atoms with van der Waals surface area (Å²) in [5.41, 5.74) is 1.05. The van der Waals surface area contributed by atoms with Crippen LogP contribution in [0.25, 0.3) is 11.1 Å². The van der Waals surface area contributed by atoms with Gasteiger partial charge in [-0.25, -0.2) is 13.6 Å². The van der Waals surface area contributed by atoms with Crippen LogP contribution in [-0.4, -0.2) is 12.6 Å². The van der Waals surface area contributed by atoms with E-state index in [2.05, 4.69) is 10.6 Å². The molecule has 1 aliphatic rings. The first-order chi connectivity index (χ1) is 9.16. The fraction of sp³-hybridized carbons (Fsp3) is 0.154. The number of hydrogen-bond donors (Lipinski definition) is 2. The van der Waals surface area contributed by atoms with E-state index >= 15 is 0 Å². The number of benzene rings is 1. The Bertz CT molecular complexity index is 628. The molecule has 19 heavy (non-hydrogen) atoms. The zero-order valence-electron chi connectivity index (χ0n) is 9.74. The standard InChI is InChI=1S/C13H10F2N2OS/c14-11-8(7-3-4-19-6-7)1-2-9(12(11)15)10-5-16-13(18)17-10/h1-4,6,10H,5H2,(H2,16,17,18). The van der Waals surface area contributed by atoms with Gasteiger partial charge in [-0.15, -0.1) is 0 Å². The second kappa shape index (κ2) is 4.62. The lowest BCUT2D eigenvalue weighted by atomic mass is 10.0. The van der Waals surface area contributed by atoms with Crippen molar-refractivity contribution in [1.82, 2.24) is 10.6 Å². The summed E-state index contributed by atoms with van der Waals surface area (Å²) in [5, 5.41) is 8.62. The molecule has 2 aromatic rings. The Kier molecular flexibility index (Phi) is 2.94. The van der Waals surface area contributed by atoms with Gasteiger partial charge < -0.3 is 10.6 Å². The molecule has 0 bridgehead atoms.